The van der Waals surface area contributed by atoms with E-state index in [1.165, 1.54) is 5.56 Å². The van der Waals surface area contributed by atoms with E-state index in [1.54, 1.807) is 11.8 Å². The summed E-state index contributed by atoms with van der Waals surface area (Å²) in [6, 6.07) is 10.4. The van der Waals surface area contributed by atoms with Crippen LogP contribution in [-0.4, -0.2) is 18.3 Å². The summed E-state index contributed by atoms with van der Waals surface area (Å²) in [5, 5.41) is 0.388. The van der Waals surface area contributed by atoms with E-state index < -0.39 is 5.41 Å². The molecule has 0 fully saturated rings. The molecule has 0 heterocycles. The number of unbranched alkanes of at least 4 members (excludes halogenated alkanes) is 1. The predicted octanol–water partition coefficient (Wildman–Crippen LogP) is 4.85. The Kier molecular flexibility index (Phi) is 7.14. The molecule has 0 N–H and O–H groups in total. The molecule has 20 heavy (non-hydrogen) atoms. The first-order valence-electron chi connectivity index (χ1n) is 7.31. The normalized spacial score (nSPS) is 13.0. The second kappa shape index (κ2) is 8.35. The van der Waals surface area contributed by atoms with Crippen molar-refractivity contribution in [3.8, 4) is 0 Å². The molecule has 0 aromatic heterocycles. The summed E-state index contributed by atoms with van der Waals surface area (Å²) in [7, 11) is 0. The lowest BCUT2D eigenvalue weighted by Crippen LogP contribution is -2.29. The molecule has 0 aliphatic heterocycles. The molecule has 0 saturated heterocycles. The average molecular weight is 294 g/mol. The molecule has 0 amide bonds. The fourth-order valence-electron chi connectivity index (χ4n) is 1.72. The minimum Gasteiger partial charge on any atom is -0.465 e. The first-order valence-corrected chi connectivity index (χ1v) is 8.36. The van der Waals surface area contributed by atoms with Crippen LogP contribution in [0.25, 0.3) is 0 Å². The monoisotopic (exact) mass is 294 g/mol. The number of hydrogen-bond donors (Lipinski definition) is 0. The molecule has 1 atom stereocenters. The molecule has 3 heteroatoms. The number of thioether (sulfide) groups is 1. The summed E-state index contributed by atoms with van der Waals surface area (Å²) in [6.07, 6.45) is 1.99. The molecule has 1 aromatic rings. The van der Waals surface area contributed by atoms with Gasteiger partial charge >= 0.3 is 5.97 Å². The summed E-state index contributed by atoms with van der Waals surface area (Å²) in [5.41, 5.74) is 0.870. The van der Waals surface area contributed by atoms with Crippen LogP contribution in [0.5, 0.6) is 0 Å². The highest BCUT2D eigenvalue weighted by Gasteiger charge is 2.30. The molecule has 0 aliphatic rings. The van der Waals surface area contributed by atoms with E-state index in [9.17, 15) is 4.79 Å². The highest BCUT2D eigenvalue weighted by Crippen LogP contribution is 2.34. The van der Waals surface area contributed by atoms with E-state index in [1.807, 2.05) is 19.9 Å². The Morgan fingerprint density at radius 1 is 1.30 bits per heavy atom. The van der Waals surface area contributed by atoms with Crippen LogP contribution < -0.4 is 0 Å². The summed E-state index contributed by atoms with van der Waals surface area (Å²) in [5.74, 6) is 0.687. The highest BCUT2D eigenvalue weighted by atomic mass is 32.2. The third-order valence-corrected chi connectivity index (χ3v) is 4.91. The zero-order valence-electron chi connectivity index (χ0n) is 13.0. The lowest BCUT2D eigenvalue weighted by atomic mass is 9.97. The van der Waals surface area contributed by atoms with E-state index in [4.69, 9.17) is 4.74 Å². The van der Waals surface area contributed by atoms with Crippen molar-refractivity contribution in [1.29, 1.82) is 0 Å². The maximum Gasteiger partial charge on any atom is 0.312 e. The molecule has 1 rings (SSSR count). The molecule has 2 nitrogen and oxygen atoms in total. The first-order chi connectivity index (χ1) is 9.47. The van der Waals surface area contributed by atoms with E-state index in [-0.39, 0.29) is 5.97 Å². The van der Waals surface area contributed by atoms with E-state index in [0.29, 0.717) is 11.9 Å². The van der Waals surface area contributed by atoms with Gasteiger partial charge in [0, 0.05) is 11.0 Å². The van der Waals surface area contributed by atoms with Crippen molar-refractivity contribution in [2.75, 3.05) is 12.4 Å². The minimum atomic E-state index is -0.429. The van der Waals surface area contributed by atoms with Crippen molar-refractivity contribution in [2.45, 2.75) is 45.8 Å². The van der Waals surface area contributed by atoms with Crippen molar-refractivity contribution in [3.63, 3.8) is 0 Å². The number of carbonyl (C=O) groups excluding carboxylic acids is 1. The number of carbonyl (C=O) groups is 1. The van der Waals surface area contributed by atoms with Crippen LogP contribution in [0.1, 0.15) is 51.3 Å². The Bertz CT molecular complexity index is 401. The molecule has 1 unspecified atom stereocenters. The van der Waals surface area contributed by atoms with Gasteiger partial charge in [-0.1, -0.05) is 43.7 Å². The van der Waals surface area contributed by atoms with Gasteiger partial charge in [-0.15, -0.1) is 0 Å². The topological polar surface area (TPSA) is 26.3 Å². The maximum atomic E-state index is 12.1. The van der Waals surface area contributed by atoms with Crippen LogP contribution in [0.3, 0.4) is 0 Å². The van der Waals surface area contributed by atoms with Crippen LogP contribution in [-0.2, 0) is 9.53 Å². The van der Waals surface area contributed by atoms with Gasteiger partial charge in [0.05, 0.1) is 12.0 Å². The Morgan fingerprint density at radius 3 is 2.55 bits per heavy atom. The van der Waals surface area contributed by atoms with Crippen molar-refractivity contribution < 1.29 is 9.53 Å². The van der Waals surface area contributed by atoms with Gasteiger partial charge < -0.3 is 4.74 Å². The summed E-state index contributed by atoms with van der Waals surface area (Å²) in [4.78, 5) is 12.1. The fraction of sp³-hybridized carbons (Fsp3) is 0.588. The van der Waals surface area contributed by atoms with Crippen LogP contribution in [0.2, 0.25) is 0 Å². The van der Waals surface area contributed by atoms with Crippen LogP contribution in [0.15, 0.2) is 30.3 Å². The molecule has 112 valence electrons. The van der Waals surface area contributed by atoms with Gasteiger partial charge in [0.2, 0.25) is 0 Å². The number of rotatable bonds is 8. The Hall–Kier alpha value is -0.960. The van der Waals surface area contributed by atoms with Gasteiger partial charge in [-0.3, -0.25) is 4.79 Å². The molecule has 0 spiro atoms. The summed E-state index contributed by atoms with van der Waals surface area (Å²) < 4.78 is 5.33. The predicted molar refractivity (Wildman–Crippen MR) is 87.0 cm³/mol. The first kappa shape index (κ1) is 17.1. The van der Waals surface area contributed by atoms with Gasteiger partial charge in [0.1, 0.15) is 0 Å². The molecule has 0 aliphatic carbocycles. The van der Waals surface area contributed by atoms with Gasteiger partial charge in [-0.2, -0.15) is 11.8 Å². The second-order valence-electron chi connectivity index (χ2n) is 5.74. The quantitative estimate of drug-likeness (QED) is 0.506. The molecule has 0 bridgehead atoms. The highest BCUT2D eigenvalue weighted by molar-refractivity contribution is 7.99. The molecule has 0 radical (unpaired) electrons. The Labute approximate surface area is 127 Å². The van der Waals surface area contributed by atoms with Gasteiger partial charge in [-0.05, 0) is 32.8 Å². The second-order valence-corrected chi connectivity index (χ2v) is 7.07. The number of benzene rings is 1. The zero-order chi connectivity index (χ0) is 15.0. The fourth-order valence-corrected chi connectivity index (χ4v) is 2.85. The zero-order valence-corrected chi connectivity index (χ0v) is 13.8. The van der Waals surface area contributed by atoms with Crippen molar-refractivity contribution in [3.05, 3.63) is 35.9 Å². The van der Waals surface area contributed by atoms with Crippen LogP contribution in [0, 0.1) is 5.41 Å². The van der Waals surface area contributed by atoms with E-state index in [0.717, 1.165) is 18.6 Å². The third-order valence-electron chi connectivity index (χ3n) is 3.25. The standard InChI is InChI=1S/C17H26O2S/c1-5-6-12-19-16(18)17(3,4)13-20-14(2)15-10-8-7-9-11-15/h7-11,14H,5-6,12-13H2,1-4H3. The Balaban J connectivity index is 2.44. The molecule has 1 aromatic carbocycles. The smallest absolute Gasteiger partial charge is 0.312 e. The number of esters is 1. The largest absolute Gasteiger partial charge is 0.465 e. The Morgan fingerprint density at radius 2 is 1.95 bits per heavy atom. The number of hydrogen-bond acceptors (Lipinski definition) is 3. The van der Waals surface area contributed by atoms with Crippen molar-refractivity contribution >= 4 is 17.7 Å². The molecular weight excluding hydrogens is 268 g/mol. The molecule has 0 saturated carbocycles. The minimum absolute atomic E-state index is 0.0845. The van der Waals surface area contributed by atoms with Crippen LogP contribution in [0.4, 0.5) is 0 Å². The van der Waals surface area contributed by atoms with Crippen molar-refractivity contribution in [1.82, 2.24) is 0 Å². The van der Waals surface area contributed by atoms with Crippen molar-refractivity contribution in [2.24, 2.45) is 5.41 Å². The summed E-state index contributed by atoms with van der Waals surface area (Å²) in [6.45, 7) is 8.74. The SMILES string of the molecule is CCCCOC(=O)C(C)(C)CSC(C)c1ccccc1. The number of ether oxygens (including phenoxy) is 1. The van der Waals surface area contributed by atoms with Gasteiger partial charge in [0.15, 0.2) is 0 Å². The summed E-state index contributed by atoms with van der Waals surface area (Å²) >= 11 is 1.80. The van der Waals surface area contributed by atoms with E-state index in [2.05, 4.69) is 38.1 Å². The lowest BCUT2D eigenvalue weighted by Gasteiger charge is -2.24. The average Bonchev–Trinajstić information content (AvgIpc) is 2.46. The molecular formula is C17H26O2S. The lowest BCUT2D eigenvalue weighted by molar-refractivity contribution is -0.152. The third kappa shape index (κ3) is 5.58. The van der Waals surface area contributed by atoms with Gasteiger partial charge in [-0.25, -0.2) is 0 Å². The van der Waals surface area contributed by atoms with Crippen LogP contribution >= 0.6 is 11.8 Å². The van der Waals surface area contributed by atoms with E-state index >= 15 is 0 Å². The van der Waals surface area contributed by atoms with Gasteiger partial charge in [0.25, 0.3) is 0 Å². The maximum absolute atomic E-state index is 12.1.